The van der Waals surface area contributed by atoms with Gasteiger partial charge in [-0.1, -0.05) is 25.1 Å². The fourth-order valence-electron chi connectivity index (χ4n) is 4.01. The van der Waals surface area contributed by atoms with Gasteiger partial charge in [0, 0.05) is 31.0 Å². The zero-order valence-corrected chi connectivity index (χ0v) is 15.5. The van der Waals surface area contributed by atoms with Gasteiger partial charge in [-0.15, -0.1) is 0 Å². The number of piperidine rings is 1. The number of nitrogens with one attached hydrogen (secondary N) is 1. The fraction of sp³-hybridized carbons (Fsp3) is 0.524. The Morgan fingerprint density at radius 3 is 2.42 bits per heavy atom. The molecule has 0 aromatic heterocycles. The Morgan fingerprint density at radius 2 is 1.92 bits per heavy atom. The largest absolute Gasteiger partial charge is 0.497 e. The molecule has 2 amide bonds. The summed E-state index contributed by atoms with van der Waals surface area (Å²) in [7, 11) is 1.67. The molecule has 1 saturated carbocycles. The molecule has 1 aliphatic carbocycles. The van der Waals surface area contributed by atoms with E-state index in [1.807, 2.05) is 12.1 Å². The molecule has 3 rings (SSSR count). The summed E-state index contributed by atoms with van der Waals surface area (Å²) in [6.07, 6.45) is 6.19. The lowest BCUT2D eigenvalue weighted by atomic mass is 9.64. The van der Waals surface area contributed by atoms with E-state index < -0.39 is 0 Å². The minimum Gasteiger partial charge on any atom is -0.497 e. The summed E-state index contributed by atoms with van der Waals surface area (Å²) in [4.78, 5) is 26.0. The maximum absolute atomic E-state index is 12.6. The Morgan fingerprint density at radius 1 is 1.27 bits per heavy atom. The Balaban J connectivity index is 1.54. The van der Waals surface area contributed by atoms with E-state index in [1.165, 1.54) is 18.1 Å². The van der Waals surface area contributed by atoms with Crippen molar-refractivity contribution < 1.29 is 14.3 Å². The molecule has 1 heterocycles. The first-order valence-electron chi connectivity index (χ1n) is 9.41. The molecular weight excluding hydrogens is 328 g/mol. The average Bonchev–Trinajstić information content (AvgIpc) is 2.67. The maximum Gasteiger partial charge on any atom is 0.245 e. The second-order valence-corrected chi connectivity index (χ2v) is 7.38. The molecule has 1 aromatic rings. The van der Waals surface area contributed by atoms with Crippen molar-refractivity contribution in [2.24, 2.45) is 5.92 Å². The fourth-order valence-corrected chi connectivity index (χ4v) is 4.01. The second-order valence-electron chi connectivity index (χ2n) is 7.38. The molecule has 2 aliphatic rings. The van der Waals surface area contributed by atoms with Crippen LogP contribution in [0.25, 0.3) is 0 Å². The quantitative estimate of drug-likeness (QED) is 0.797. The normalized spacial score (nSPS) is 19.3. The summed E-state index contributed by atoms with van der Waals surface area (Å²) in [5.41, 5.74) is 1.33. The van der Waals surface area contributed by atoms with E-state index >= 15 is 0 Å². The Bertz CT molecular complexity index is 656. The van der Waals surface area contributed by atoms with Gasteiger partial charge in [0.1, 0.15) is 5.75 Å². The van der Waals surface area contributed by atoms with Gasteiger partial charge in [-0.2, -0.15) is 0 Å². The Labute approximate surface area is 155 Å². The molecule has 0 bridgehead atoms. The van der Waals surface area contributed by atoms with Crippen molar-refractivity contribution in [3.05, 3.63) is 42.5 Å². The van der Waals surface area contributed by atoms with Gasteiger partial charge in [0.15, 0.2) is 0 Å². The Hall–Kier alpha value is -2.30. The summed E-state index contributed by atoms with van der Waals surface area (Å²) in [5.74, 6) is 0.928. The van der Waals surface area contributed by atoms with E-state index in [0.29, 0.717) is 19.6 Å². The van der Waals surface area contributed by atoms with Crippen molar-refractivity contribution in [2.45, 2.75) is 37.5 Å². The van der Waals surface area contributed by atoms with Crippen LogP contribution in [-0.4, -0.2) is 43.5 Å². The van der Waals surface area contributed by atoms with Crippen LogP contribution in [0.15, 0.2) is 36.9 Å². The third-order valence-corrected chi connectivity index (χ3v) is 5.97. The van der Waals surface area contributed by atoms with Crippen LogP contribution in [0.3, 0.4) is 0 Å². The predicted octanol–water partition coefficient (Wildman–Crippen LogP) is 2.66. The van der Waals surface area contributed by atoms with Gasteiger partial charge in [0.05, 0.1) is 7.11 Å². The summed E-state index contributed by atoms with van der Waals surface area (Å²) < 4.78 is 5.24. The number of likely N-dealkylation sites (tertiary alicyclic amines) is 1. The van der Waals surface area contributed by atoms with Gasteiger partial charge in [0.2, 0.25) is 11.8 Å². The molecule has 0 spiro atoms. The second kappa shape index (κ2) is 7.94. The number of rotatable bonds is 6. The van der Waals surface area contributed by atoms with Crippen molar-refractivity contribution in [3.63, 3.8) is 0 Å². The lowest BCUT2D eigenvalue weighted by molar-refractivity contribution is -0.132. The molecule has 5 heteroatoms. The zero-order valence-electron chi connectivity index (χ0n) is 15.5. The smallest absolute Gasteiger partial charge is 0.245 e. The monoisotopic (exact) mass is 356 g/mol. The molecule has 1 N–H and O–H groups in total. The van der Waals surface area contributed by atoms with Gasteiger partial charge in [-0.25, -0.2) is 0 Å². The zero-order chi connectivity index (χ0) is 18.6. The SMILES string of the molecule is C=CC(=O)N1CCC(C(=O)NCC2(c3ccc(OC)cc3)CCC2)CC1. The van der Waals surface area contributed by atoms with Crippen LogP contribution in [0, 0.1) is 5.92 Å². The first kappa shape index (κ1) is 18.5. The minimum atomic E-state index is -0.0446. The van der Waals surface area contributed by atoms with Crippen LogP contribution in [0.1, 0.15) is 37.7 Å². The molecule has 1 aromatic carbocycles. The van der Waals surface area contributed by atoms with Gasteiger partial charge in [0.25, 0.3) is 0 Å². The molecule has 1 saturated heterocycles. The highest BCUT2D eigenvalue weighted by Crippen LogP contribution is 2.43. The number of amides is 2. The topological polar surface area (TPSA) is 58.6 Å². The summed E-state index contributed by atoms with van der Waals surface area (Å²) in [6, 6.07) is 8.21. The average molecular weight is 356 g/mol. The molecule has 2 fully saturated rings. The highest BCUT2D eigenvalue weighted by atomic mass is 16.5. The standard InChI is InChI=1S/C21H28N2O3/c1-3-19(24)23-13-9-16(10-14-23)20(25)22-15-21(11-4-12-21)17-5-7-18(26-2)8-6-17/h3,5-8,16H,1,4,9-15H2,2H3,(H,22,25). The van der Waals surface area contributed by atoms with Gasteiger partial charge in [-0.3, -0.25) is 9.59 Å². The number of benzene rings is 1. The number of carbonyl (C=O) groups excluding carboxylic acids is 2. The molecule has 1 aliphatic heterocycles. The lowest BCUT2D eigenvalue weighted by Gasteiger charge is -2.43. The third kappa shape index (κ3) is 3.76. The number of methoxy groups -OCH3 is 1. The van der Waals surface area contributed by atoms with Gasteiger partial charge < -0.3 is 15.0 Å². The number of nitrogens with zero attached hydrogens (tertiary/aromatic N) is 1. The van der Waals surface area contributed by atoms with E-state index in [-0.39, 0.29) is 23.1 Å². The van der Waals surface area contributed by atoms with Gasteiger partial charge >= 0.3 is 0 Å². The highest BCUT2D eigenvalue weighted by molar-refractivity contribution is 5.87. The minimum absolute atomic E-state index is 0.00291. The van der Waals surface area contributed by atoms with Crippen molar-refractivity contribution in [1.29, 1.82) is 0 Å². The van der Waals surface area contributed by atoms with Crippen LogP contribution < -0.4 is 10.1 Å². The van der Waals surface area contributed by atoms with Crippen LogP contribution in [0.5, 0.6) is 5.75 Å². The number of ether oxygens (including phenoxy) is 1. The molecule has 26 heavy (non-hydrogen) atoms. The third-order valence-electron chi connectivity index (χ3n) is 5.97. The van der Waals surface area contributed by atoms with Crippen molar-refractivity contribution in [2.75, 3.05) is 26.7 Å². The number of hydrogen-bond donors (Lipinski definition) is 1. The Kier molecular flexibility index (Phi) is 5.64. The van der Waals surface area contributed by atoms with Crippen molar-refractivity contribution in [1.82, 2.24) is 10.2 Å². The van der Waals surface area contributed by atoms with E-state index in [0.717, 1.165) is 31.4 Å². The van der Waals surface area contributed by atoms with Crippen LogP contribution in [0.4, 0.5) is 0 Å². The summed E-state index contributed by atoms with van der Waals surface area (Å²) in [5, 5.41) is 3.19. The van der Waals surface area contributed by atoms with Crippen LogP contribution in [0.2, 0.25) is 0 Å². The van der Waals surface area contributed by atoms with E-state index in [1.54, 1.807) is 12.0 Å². The van der Waals surface area contributed by atoms with Crippen LogP contribution in [-0.2, 0) is 15.0 Å². The molecule has 0 unspecified atom stereocenters. The van der Waals surface area contributed by atoms with Crippen LogP contribution >= 0.6 is 0 Å². The van der Waals surface area contributed by atoms with Gasteiger partial charge in [-0.05, 0) is 49.5 Å². The molecular formula is C21H28N2O3. The predicted molar refractivity (Wildman–Crippen MR) is 101 cm³/mol. The maximum atomic E-state index is 12.6. The lowest BCUT2D eigenvalue weighted by Crippen LogP contribution is -2.48. The van der Waals surface area contributed by atoms with Crippen molar-refractivity contribution >= 4 is 11.8 Å². The first-order chi connectivity index (χ1) is 12.6. The highest BCUT2D eigenvalue weighted by Gasteiger charge is 2.39. The number of hydrogen-bond acceptors (Lipinski definition) is 3. The molecule has 5 nitrogen and oxygen atoms in total. The molecule has 140 valence electrons. The molecule has 0 atom stereocenters. The van der Waals surface area contributed by atoms with E-state index in [9.17, 15) is 9.59 Å². The van der Waals surface area contributed by atoms with E-state index in [2.05, 4.69) is 24.0 Å². The summed E-state index contributed by atoms with van der Waals surface area (Å²) >= 11 is 0. The first-order valence-corrected chi connectivity index (χ1v) is 9.41. The number of carbonyl (C=O) groups is 2. The van der Waals surface area contributed by atoms with Crippen molar-refractivity contribution in [3.8, 4) is 5.75 Å². The van der Waals surface area contributed by atoms with E-state index in [4.69, 9.17) is 4.74 Å². The summed E-state index contributed by atoms with van der Waals surface area (Å²) in [6.45, 7) is 5.47. The molecule has 0 radical (unpaired) electrons.